The van der Waals surface area contributed by atoms with Crippen LogP contribution < -0.4 is 18.9 Å². The summed E-state index contributed by atoms with van der Waals surface area (Å²) in [6, 6.07) is 12.3. The van der Waals surface area contributed by atoms with Crippen molar-refractivity contribution in [3.63, 3.8) is 0 Å². The van der Waals surface area contributed by atoms with Crippen LogP contribution in [0.3, 0.4) is 0 Å². The van der Waals surface area contributed by atoms with Crippen LogP contribution in [0.1, 0.15) is 11.1 Å². The van der Waals surface area contributed by atoms with Crippen molar-refractivity contribution in [2.24, 2.45) is 0 Å². The highest BCUT2D eigenvalue weighted by atomic mass is 16.5. The first-order valence-electron chi connectivity index (χ1n) is 8.70. The first kappa shape index (κ1) is 17.5. The second kappa shape index (κ2) is 7.00. The first-order chi connectivity index (χ1) is 13.2. The zero-order valence-electron chi connectivity index (χ0n) is 15.9. The summed E-state index contributed by atoms with van der Waals surface area (Å²) >= 11 is 0. The molecule has 0 N–H and O–H groups in total. The Morgan fingerprint density at radius 1 is 0.778 bits per heavy atom. The van der Waals surface area contributed by atoms with Gasteiger partial charge in [0.05, 0.1) is 41.7 Å². The highest BCUT2D eigenvalue weighted by Crippen LogP contribution is 2.45. The molecule has 3 aromatic rings. The molecule has 5 heteroatoms. The van der Waals surface area contributed by atoms with E-state index in [0.717, 1.165) is 27.6 Å². The number of rotatable bonds is 5. The number of hydrogen-bond donors (Lipinski definition) is 0. The number of hydrogen-bond acceptors (Lipinski definition) is 5. The predicted molar refractivity (Wildman–Crippen MR) is 104 cm³/mol. The summed E-state index contributed by atoms with van der Waals surface area (Å²) in [6.07, 6.45) is 0. The lowest BCUT2D eigenvalue weighted by atomic mass is 9.90. The highest BCUT2D eigenvalue weighted by molar-refractivity contribution is 6.00. The van der Waals surface area contributed by atoms with Gasteiger partial charge in [0.2, 0.25) is 5.75 Å². The van der Waals surface area contributed by atoms with Crippen LogP contribution in [0.5, 0.6) is 23.0 Å². The Bertz CT molecular complexity index is 984. The minimum absolute atomic E-state index is 0.578. The van der Waals surface area contributed by atoms with Crippen molar-refractivity contribution in [1.82, 2.24) is 0 Å². The van der Waals surface area contributed by atoms with Crippen molar-refractivity contribution in [2.45, 2.75) is 13.2 Å². The van der Waals surface area contributed by atoms with Crippen molar-refractivity contribution in [2.75, 3.05) is 28.4 Å². The molecule has 0 unspecified atom stereocenters. The average molecular weight is 366 g/mol. The molecule has 0 saturated carbocycles. The van der Waals surface area contributed by atoms with Gasteiger partial charge in [0.25, 0.3) is 0 Å². The van der Waals surface area contributed by atoms with Crippen molar-refractivity contribution < 1.29 is 23.7 Å². The minimum atomic E-state index is 0.578. The second-order valence-corrected chi connectivity index (χ2v) is 6.38. The predicted octanol–water partition coefficient (Wildman–Crippen LogP) is 4.57. The molecular weight excluding hydrogens is 344 g/mol. The molecule has 4 rings (SSSR count). The van der Waals surface area contributed by atoms with Gasteiger partial charge in [0.1, 0.15) is 5.75 Å². The molecule has 0 aliphatic carbocycles. The summed E-state index contributed by atoms with van der Waals surface area (Å²) in [6.45, 7) is 1.20. The molecular formula is C22H22O5. The summed E-state index contributed by atoms with van der Waals surface area (Å²) in [5.74, 6) is 2.64. The van der Waals surface area contributed by atoms with Gasteiger partial charge in [-0.1, -0.05) is 6.07 Å². The molecule has 0 saturated heterocycles. The van der Waals surface area contributed by atoms with Crippen LogP contribution >= 0.6 is 0 Å². The molecule has 1 heterocycles. The number of fused-ring (bicyclic) bond motifs is 2. The number of ether oxygens (including phenoxy) is 5. The smallest absolute Gasteiger partial charge is 0.203 e. The Balaban J connectivity index is 2.06. The van der Waals surface area contributed by atoms with Crippen LogP contribution in [0.25, 0.3) is 21.9 Å². The fourth-order valence-corrected chi connectivity index (χ4v) is 3.71. The SMILES string of the molecule is COc1ccc2cc3c(c(-c4cc(OC)c(OC)c(OC)c4)c2c1)COC3. The molecule has 0 atom stereocenters. The van der Waals surface area contributed by atoms with Crippen LogP contribution in [-0.2, 0) is 18.0 Å². The molecule has 140 valence electrons. The maximum atomic E-state index is 5.74. The average Bonchev–Trinajstić information content (AvgIpc) is 3.18. The fourth-order valence-electron chi connectivity index (χ4n) is 3.71. The van der Waals surface area contributed by atoms with Crippen LogP contribution in [0.15, 0.2) is 36.4 Å². The molecule has 0 fully saturated rings. The van der Waals surface area contributed by atoms with Gasteiger partial charge in [-0.15, -0.1) is 0 Å². The summed E-state index contributed by atoms with van der Waals surface area (Å²) in [5, 5.41) is 2.25. The van der Waals surface area contributed by atoms with Gasteiger partial charge < -0.3 is 23.7 Å². The maximum Gasteiger partial charge on any atom is 0.203 e. The van der Waals surface area contributed by atoms with Crippen molar-refractivity contribution >= 4 is 10.8 Å². The van der Waals surface area contributed by atoms with Gasteiger partial charge in [-0.05, 0) is 63.4 Å². The molecule has 0 aromatic heterocycles. The van der Waals surface area contributed by atoms with E-state index >= 15 is 0 Å². The first-order valence-corrected chi connectivity index (χ1v) is 8.70. The lowest BCUT2D eigenvalue weighted by Crippen LogP contribution is -1.98. The largest absolute Gasteiger partial charge is 0.497 e. The molecule has 3 aromatic carbocycles. The topological polar surface area (TPSA) is 46.2 Å². The van der Waals surface area contributed by atoms with Crippen LogP contribution in [-0.4, -0.2) is 28.4 Å². The molecule has 1 aliphatic heterocycles. The van der Waals surface area contributed by atoms with E-state index in [1.54, 1.807) is 28.4 Å². The van der Waals surface area contributed by atoms with Crippen molar-refractivity contribution in [3.8, 4) is 34.1 Å². The monoisotopic (exact) mass is 366 g/mol. The fraction of sp³-hybridized carbons (Fsp3) is 0.273. The Labute approximate surface area is 158 Å². The summed E-state index contributed by atoms with van der Waals surface area (Å²) in [5.41, 5.74) is 4.49. The van der Waals surface area contributed by atoms with E-state index in [4.69, 9.17) is 23.7 Å². The quantitative estimate of drug-likeness (QED) is 0.662. The molecule has 0 radical (unpaired) electrons. The molecule has 0 amide bonds. The van der Waals surface area contributed by atoms with Gasteiger partial charge in [0, 0.05) is 0 Å². The van der Waals surface area contributed by atoms with E-state index in [1.165, 1.54) is 11.1 Å². The highest BCUT2D eigenvalue weighted by Gasteiger charge is 2.23. The molecule has 1 aliphatic rings. The normalized spacial score (nSPS) is 12.7. The van der Waals surface area contributed by atoms with Gasteiger partial charge in [-0.3, -0.25) is 0 Å². The molecule has 5 nitrogen and oxygen atoms in total. The minimum Gasteiger partial charge on any atom is -0.497 e. The van der Waals surface area contributed by atoms with Crippen molar-refractivity contribution in [3.05, 3.63) is 47.5 Å². The number of methoxy groups -OCH3 is 4. The van der Waals surface area contributed by atoms with Gasteiger partial charge in [-0.2, -0.15) is 0 Å². The Hall–Kier alpha value is -2.92. The van der Waals surface area contributed by atoms with E-state index in [9.17, 15) is 0 Å². The Kier molecular flexibility index (Phi) is 4.54. The van der Waals surface area contributed by atoms with E-state index in [0.29, 0.717) is 30.5 Å². The van der Waals surface area contributed by atoms with Gasteiger partial charge in [0.15, 0.2) is 11.5 Å². The Morgan fingerprint density at radius 3 is 2.15 bits per heavy atom. The van der Waals surface area contributed by atoms with Crippen molar-refractivity contribution in [1.29, 1.82) is 0 Å². The summed E-state index contributed by atoms with van der Waals surface area (Å²) in [7, 11) is 6.53. The third-order valence-corrected chi connectivity index (χ3v) is 5.01. The van der Waals surface area contributed by atoms with Gasteiger partial charge in [-0.25, -0.2) is 0 Å². The van der Waals surface area contributed by atoms with E-state index in [2.05, 4.69) is 18.2 Å². The summed E-state index contributed by atoms with van der Waals surface area (Å²) < 4.78 is 27.8. The summed E-state index contributed by atoms with van der Waals surface area (Å²) in [4.78, 5) is 0. The Morgan fingerprint density at radius 2 is 1.52 bits per heavy atom. The molecule has 0 spiro atoms. The third kappa shape index (κ3) is 2.84. The lowest BCUT2D eigenvalue weighted by molar-refractivity contribution is 0.134. The van der Waals surface area contributed by atoms with E-state index < -0.39 is 0 Å². The van der Waals surface area contributed by atoms with Crippen LogP contribution in [0.2, 0.25) is 0 Å². The second-order valence-electron chi connectivity index (χ2n) is 6.38. The van der Waals surface area contributed by atoms with E-state index in [-0.39, 0.29) is 0 Å². The zero-order chi connectivity index (χ0) is 19.0. The standard InChI is InChI=1S/C22H22O5/c1-23-16-6-5-13-7-15-11-27-12-18(15)21(17(13)10-16)14-8-19(24-2)22(26-4)20(9-14)25-3/h5-10H,11-12H2,1-4H3. The third-order valence-electron chi connectivity index (χ3n) is 5.01. The zero-order valence-corrected chi connectivity index (χ0v) is 15.9. The lowest BCUT2D eigenvalue weighted by Gasteiger charge is -2.17. The number of benzene rings is 3. The van der Waals surface area contributed by atoms with E-state index in [1.807, 2.05) is 18.2 Å². The van der Waals surface area contributed by atoms with Gasteiger partial charge >= 0.3 is 0 Å². The molecule has 27 heavy (non-hydrogen) atoms. The maximum absolute atomic E-state index is 5.74. The molecule has 0 bridgehead atoms. The van der Waals surface area contributed by atoms with Crippen LogP contribution in [0, 0.1) is 0 Å². The van der Waals surface area contributed by atoms with Crippen LogP contribution in [0.4, 0.5) is 0 Å².